The molecule has 0 spiro atoms. The van der Waals surface area contributed by atoms with E-state index in [0.29, 0.717) is 24.0 Å². The van der Waals surface area contributed by atoms with Gasteiger partial charge < -0.3 is 20.4 Å². The lowest BCUT2D eigenvalue weighted by molar-refractivity contribution is -0.117. The molecule has 8 nitrogen and oxygen atoms in total. The lowest BCUT2D eigenvalue weighted by Gasteiger charge is -2.32. The zero-order valence-corrected chi connectivity index (χ0v) is 15.8. The Morgan fingerprint density at radius 3 is 2.89 bits per heavy atom. The first-order chi connectivity index (χ1) is 13.7. The van der Waals surface area contributed by atoms with Gasteiger partial charge in [-0.3, -0.25) is 9.69 Å². The second-order valence-corrected chi connectivity index (χ2v) is 6.91. The number of ether oxygens (including phenoxy) is 1. The third-order valence-electron chi connectivity index (χ3n) is 5.03. The van der Waals surface area contributed by atoms with Gasteiger partial charge in [0, 0.05) is 25.3 Å². The van der Waals surface area contributed by atoms with Gasteiger partial charge in [-0.2, -0.15) is 0 Å². The van der Waals surface area contributed by atoms with Crippen LogP contribution in [0.1, 0.15) is 12.8 Å². The Balaban J connectivity index is 1.28. The Morgan fingerprint density at radius 1 is 1.25 bits per heavy atom. The number of aromatic nitrogens is 3. The Morgan fingerprint density at radius 2 is 2.07 bits per heavy atom. The second kappa shape index (κ2) is 8.26. The van der Waals surface area contributed by atoms with Gasteiger partial charge in [0.1, 0.15) is 23.5 Å². The highest BCUT2D eigenvalue weighted by molar-refractivity contribution is 5.93. The number of fused-ring (bicyclic) bond motifs is 1. The maximum absolute atomic E-state index is 12.4. The topological polar surface area (TPSA) is 95.2 Å². The number of H-pyrrole nitrogens is 1. The van der Waals surface area contributed by atoms with Crippen LogP contribution in [-0.2, 0) is 4.79 Å². The van der Waals surface area contributed by atoms with E-state index in [4.69, 9.17) is 4.74 Å². The van der Waals surface area contributed by atoms with Gasteiger partial charge in [-0.15, -0.1) is 0 Å². The zero-order valence-electron chi connectivity index (χ0n) is 15.8. The number of rotatable bonds is 6. The number of para-hydroxylation sites is 2. The van der Waals surface area contributed by atoms with Crippen LogP contribution in [-0.4, -0.2) is 58.5 Å². The number of benzene rings is 1. The van der Waals surface area contributed by atoms with Crippen LogP contribution in [0.5, 0.6) is 5.75 Å². The molecule has 28 heavy (non-hydrogen) atoms. The maximum Gasteiger partial charge on any atom is 0.238 e. The summed E-state index contributed by atoms with van der Waals surface area (Å²) in [7, 11) is 1.60. The van der Waals surface area contributed by atoms with E-state index in [2.05, 4.69) is 30.5 Å². The van der Waals surface area contributed by atoms with Gasteiger partial charge in [-0.1, -0.05) is 12.1 Å². The molecule has 0 saturated carbocycles. The van der Waals surface area contributed by atoms with Crippen molar-refractivity contribution in [3.05, 3.63) is 42.9 Å². The predicted octanol–water partition coefficient (Wildman–Crippen LogP) is 2.48. The van der Waals surface area contributed by atoms with Crippen LogP contribution < -0.4 is 15.4 Å². The van der Waals surface area contributed by atoms with E-state index < -0.39 is 0 Å². The third-order valence-corrected chi connectivity index (χ3v) is 5.03. The van der Waals surface area contributed by atoms with Crippen LogP contribution >= 0.6 is 0 Å². The molecule has 0 atom stereocenters. The van der Waals surface area contributed by atoms with Crippen molar-refractivity contribution in [2.24, 2.45) is 0 Å². The second-order valence-electron chi connectivity index (χ2n) is 6.91. The molecule has 1 aliphatic heterocycles. The number of hydrogen-bond donors (Lipinski definition) is 3. The summed E-state index contributed by atoms with van der Waals surface area (Å²) in [6.45, 7) is 2.09. The number of hydrogen-bond acceptors (Lipinski definition) is 6. The predicted molar refractivity (Wildman–Crippen MR) is 109 cm³/mol. The highest BCUT2D eigenvalue weighted by atomic mass is 16.5. The first-order valence-electron chi connectivity index (χ1n) is 9.43. The molecule has 1 amide bonds. The maximum atomic E-state index is 12.4. The van der Waals surface area contributed by atoms with Gasteiger partial charge in [-0.25, -0.2) is 9.97 Å². The minimum atomic E-state index is -0.0271. The number of anilines is 2. The average molecular weight is 380 g/mol. The minimum Gasteiger partial charge on any atom is -0.495 e. The molecule has 1 aliphatic rings. The van der Waals surface area contributed by atoms with Crippen molar-refractivity contribution < 1.29 is 9.53 Å². The molecule has 1 saturated heterocycles. The molecule has 0 bridgehead atoms. The molecule has 0 radical (unpaired) electrons. The summed E-state index contributed by atoms with van der Waals surface area (Å²) in [5.41, 5.74) is 1.54. The Labute approximate surface area is 163 Å². The fourth-order valence-electron chi connectivity index (χ4n) is 3.56. The van der Waals surface area contributed by atoms with Crippen LogP contribution in [0.2, 0.25) is 0 Å². The van der Waals surface area contributed by atoms with Crippen molar-refractivity contribution in [1.82, 2.24) is 19.9 Å². The van der Waals surface area contributed by atoms with Gasteiger partial charge >= 0.3 is 0 Å². The molecule has 8 heteroatoms. The molecule has 1 fully saturated rings. The third kappa shape index (κ3) is 4.07. The highest BCUT2D eigenvalue weighted by Gasteiger charge is 2.22. The Hall–Kier alpha value is -3.13. The summed E-state index contributed by atoms with van der Waals surface area (Å²) in [5, 5.41) is 7.46. The van der Waals surface area contributed by atoms with E-state index in [-0.39, 0.29) is 5.91 Å². The van der Waals surface area contributed by atoms with Crippen molar-refractivity contribution >= 4 is 28.4 Å². The molecular formula is C20H24N6O2. The van der Waals surface area contributed by atoms with Gasteiger partial charge in [0.05, 0.1) is 24.7 Å². The van der Waals surface area contributed by atoms with E-state index in [1.807, 2.05) is 36.5 Å². The van der Waals surface area contributed by atoms with Crippen LogP contribution in [0.3, 0.4) is 0 Å². The van der Waals surface area contributed by atoms with E-state index >= 15 is 0 Å². The molecule has 3 N–H and O–H groups in total. The molecule has 3 aromatic rings. The first kappa shape index (κ1) is 18.2. The van der Waals surface area contributed by atoms with E-state index in [1.165, 1.54) is 0 Å². The van der Waals surface area contributed by atoms with Gasteiger partial charge in [0.25, 0.3) is 0 Å². The molecule has 4 rings (SSSR count). The SMILES string of the molecule is COc1ccccc1NC(=O)CN1CCC(Nc2ncnc3[nH]ccc23)CC1. The quantitative estimate of drug-likeness (QED) is 0.608. The number of carbonyl (C=O) groups is 1. The van der Waals surface area contributed by atoms with Crippen LogP contribution in [0.25, 0.3) is 11.0 Å². The number of nitrogens with zero attached hydrogens (tertiary/aromatic N) is 3. The molecule has 0 aliphatic carbocycles. The fraction of sp³-hybridized carbons (Fsp3) is 0.350. The summed E-state index contributed by atoms with van der Waals surface area (Å²) >= 11 is 0. The van der Waals surface area contributed by atoms with Crippen molar-refractivity contribution in [3.8, 4) is 5.75 Å². The largest absolute Gasteiger partial charge is 0.495 e. The van der Waals surface area contributed by atoms with Crippen LogP contribution in [0, 0.1) is 0 Å². The number of piperidine rings is 1. The molecular weight excluding hydrogens is 356 g/mol. The zero-order chi connectivity index (χ0) is 19.3. The molecule has 146 valence electrons. The standard InChI is InChI=1S/C20H24N6O2/c1-28-17-5-3-2-4-16(17)25-18(27)12-26-10-7-14(8-11-26)24-20-15-6-9-21-19(15)22-13-23-20/h2-6,9,13-14H,7-8,10-12H2,1H3,(H,25,27)(H2,21,22,23,24). The minimum absolute atomic E-state index is 0.0271. The number of methoxy groups -OCH3 is 1. The number of aromatic amines is 1. The van der Waals surface area contributed by atoms with Crippen molar-refractivity contribution in [1.29, 1.82) is 0 Å². The smallest absolute Gasteiger partial charge is 0.238 e. The summed E-state index contributed by atoms with van der Waals surface area (Å²) in [5.74, 6) is 1.50. The normalized spacial score (nSPS) is 15.5. The average Bonchev–Trinajstić information content (AvgIpc) is 3.20. The van der Waals surface area contributed by atoms with E-state index in [9.17, 15) is 4.79 Å². The fourth-order valence-corrected chi connectivity index (χ4v) is 3.56. The van der Waals surface area contributed by atoms with Crippen LogP contribution in [0.15, 0.2) is 42.9 Å². The number of likely N-dealkylation sites (tertiary alicyclic amines) is 1. The van der Waals surface area contributed by atoms with Gasteiger partial charge in [0.15, 0.2) is 0 Å². The van der Waals surface area contributed by atoms with Crippen molar-refractivity contribution in [3.63, 3.8) is 0 Å². The summed E-state index contributed by atoms with van der Waals surface area (Å²) in [4.78, 5) is 26.3. The molecule has 3 heterocycles. The number of carbonyl (C=O) groups excluding carboxylic acids is 1. The van der Waals surface area contributed by atoms with Crippen LogP contribution in [0.4, 0.5) is 11.5 Å². The lowest BCUT2D eigenvalue weighted by atomic mass is 10.0. The summed E-state index contributed by atoms with van der Waals surface area (Å²) in [6.07, 6.45) is 5.35. The molecule has 0 unspecified atom stereocenters. The lowest BCUT2D eigenvalue weighted by Crippen LogP contribution is -2.42. The number of amides is 1. The van der Waals surface area contributed by atoms with Crippen molar-refractivity contribution in [2.45, 2.75) is 18.9 Å². The summed E-state index contributed by atoms with van der Waals surface area (Å²) in [6, 6.07) is 9.75. The number of nitrogens with one attached hydrogen (secondary N) is 3. The highest BCUT2D eigenvalue weighted by Crippen LogP contribution is 2.24. The molecule has 2 aromatic heterocycles. The monoisotopic (exact) mass is 380 g/mol. The Kier molecular flexibility index (Phi) is 5.38. The first-order valence-corrected chi connectivity index (χ1v) is 9.43. The van der Waals surface area contributed by atoms with E-state index in [1.54, 1.807) is 13.4 Å². The molecule has 1 aromatic carbocycles. The summed E-state index contributed by atoms with van der Waals surface area (Å²) < 4.78 is 5.28. The van der Waals surface area contributed by atoms with E-state index in [0.717, 1.165) is 42.8 Å². The van der Waals surface area contributed by atoms with Crippen molar-refractivity contribution in [2.75, 3.05) is 37.4 Å². The van der Waals surface area contributed by atoms with Gasteiger partial charge in [-0.05, 0) is 31.0 Å². The van der Waals surface area contributed by atoms with Gasteiger partial charge in [0.2, 0.25) is 5.91 Å². The Bertz CT molecular complexity index is 949.